The zero-order valence-corrected chi connectivity index (χ0v) is 13.8. The summed E-state index contributed by atoms with van der Waals surface area (Å²) in [5, 5.41) is 14.2. The molecule has 0 heterocycles. The molecule has 6 nitrogen and oxygen atoms in total. The van der Waals surface area contributed by atoms with Crippen LogP contribution in [0.15, 0.2) is 24.3 Å². The van der Waals surface area contributed by atoms with Gasteiger partial charge in [-0.2, -0.15) is 0 Å². The number of amides is 2. The van der Waals surface area contributed by atoms with Crippen LogP contribution in [0.25, 0.3) is 0 Å². The molecule has 132 valence electrons. The molecule has 0 spiro atoms. The number of carboxylic acid groups (broad SMARTS) is 1. The van der Waals surface area contributed by atoms with Crippen molar-refractivity contribution < 1.29 is 23.9 Å². The molecular formula is C17H23FN2O4. The van der Waals surface area contributed by atoms with Crippen molar-refractivity contribution in [1.82, 2.24) is 10.6 Å². The maximum absolute atomic E-state index is 12.8. The van der Waals surface area contributed by atoms with E-state index in [0.717, 1.165) is 0 Å². The molecule has 0 unspecified atom stereocenters. The van der Waals surface area contributed by atoms with E-state index in [0.29, 0.717) is 18.4 Å². The maximum Gasteiger partial charge on any atom is 0.326 e. The topological polar surface area (TPSA) is 95.5 Å². The fraction of sp³-hybridized carbons (Fsp3) is 0.471. The van der Waals surface area contributed by atoms with Gasteiger partial charge < -0.3 is 15.7 Å². The molecular weight excluding hydrogens is 315 g/mol. The molecule has 1 atom stereocenters. The van der Waals surface area contributed by atoms with Gasteiger partial charge in [-0.3, -0.25) is 9.59 Å². The first-order valence-corrected chi connectivity index (χ1v) is 7.85. The average Bonchev–Trinajstić information content (AvgIpc) is 2.50. The summed E-state index contributed by atoms with van der Waals surface area (Å²) in [6, 6.07) is 4.25. The van der Waals surface area contributed by atoms with Crippen molar-refractivity contribution in [2.24, 2.45) is 5.92 Å². The molecule has 0 radical (unpaired) electrons. The lowest BCUT2D eigenvalue weighted by atomic mass is 10.0. The number of carbonyl (C=O) groups excluding carboxylic acids is 2. The van der Waals surface area contributed by atoms with Crippen LogP contribution < -0.4 is 10.6 Å². The Kier molecular flexibility index (Phi) is 7.88. The zero-order valence-electron chi connectivity index (χ0n) is 13.8. The van der Waals surface area contributed by atoms with E-state index in [1.807, 2.05) is 13.8 Å². The van der Waals surface area contributed by atoms with Gasteiger partial charge in [0.05, 0.1) is 0 Å². The second kappa shape index (κ2) is 9.64. The van der Waals surface area contributed by atoms with E-state index in [1.54, 1.807) is 0 Å². The molecule has 7 heteroatoms. The van der Waals surface area contributed by atoms with Crippen molar-refractivity contribution in [1.29, 1.82) is 0 Å². The van der Waals surface area contributed by atoms with Crippen LogP contribution in [-0.4, -0.2) is 35.5 Å². The molecule has 1 aromatic carbocycles. The van der Waals surface area contributed by atoms with Gasteiger partial charge in [0.25, 0.3) is 5.91 Å². The lowest BCUT2D eigenvalue weighted by molar-refractivity contribution is -0.142. The van der Waals surface area contributed by atoms with Gasteiger partial charge in [0.1, 0.15) is 11.9 Å². The van der Waals surface area contributed by atoms with Gasteiger partial charge in [-0.15, -0.1) is 0 Å². The van der Waals surface area contributed by atoms with Crippen LogP contribution >= 0.6 is 0 Å². The largest absolute Gasteiger partial charge is 0.480 e. The lowest BCUT2D eigenvalue weighted by Crippen LogP contribution is -2.41. The summed E-state index contributed by atoms with van der Waals surface area (Å²) in [7, 11) is 0. The molecule has 0 fully saturated rings. The van der Waals surface area contributed by atoms with Crippen LogP contribution in [0.2, 0.25) is 0 Å². The van der Waals surface area contributed by atoms with Gasteiger partial charge in [-0.05, 0) is 43.0 Å². The first-order chi connectivity index (χ1) is 11.3. The molecule has 0 aliphatic carbocycles. The van der Waals surface area contributed by atoms with Crippen LogP contribution in [0.1, 0.15) is 43.5 Å². The first-order valence-electron chi connectivity index (χ1n) is 7.85. The number of hydrogen-bond acceptors (Lipinski definition) is 3. The van der Waals surface area contributed by atoms with E-state index in [1.165, 1.54) is 24.3 Å². The van der Waals surface area contributed by atoms with E-state index in [9.17, 15) is 18.8 Å². The minimum atomic E-state index is -1.05. The minimum Gasteiger partial charge on any atom is -0.480 e. The molecule has 0 saturated carbocycles. The number of carbonyl (C=O) groups is 3. The Morgan fingerprint density at radius 3 is 2.33 bits per heavy atom. The quantitative estimate of drug-likeness (QED) is 0.600. The third-order valence-corrected chi connectivity index (χ3v) is 3.31. The number of nitrogens with one attached hydrogen (secondary N) is 2. The molecule has 1 aromatic rings. The number of aliphatic carboxylic acids is 1. The van der Waals surface area contributed by atoms with Gasteiger partial charge >= 0.3 is 5.97 Å². The fourth-order valence-electron chi connectivity index (χ4n) is 2.11. The molecule has 3 N–H and O–H groups in total. The highest BCUT2D eigenvalue weighted by molar-refractivity contribution is 5.94. The SMILES string of the molecule is CC(C)C[C@H](NC(=O)CCCNC(=O)c1ccc(F)cc1)C(=O)O. The molecule has 0 saturated heterocycles. The van der Waals surface area contributed by atoms with E-state index in [2.05, 4.69) is 10.6 Å². The lowest BCUT2D eigenvalue weighted by Gasteiger charge is -2.16. The Morgan fingerprint density at radius 2 is 1.79 bits per heavy atom. The average molecular weight is 338 g/mol. The Bertz CT molecular complexity index is 572. The molecule has 0 aliphatic rings. The number of carboxylic acids is 1. The Balaban J connectivity index is 2.31. The van der Waals surface area contributed by atoms with Gasteiger partial charge in [0.2, 0.25) is 5.91 Å². The highest BCUT2D eigenvalue weighted by atomic mass is 19.1. The van der Waals surface area contributed by atoms with E-state index in [-0.39, 0.29) is 30.7 Å². The summed E-state index contributed by atoms with van der Waals surface area (Å²) in [4.78, 5) is 34.6. The third-order valence-electron chi connectivity index (χ3n) is 3.31. The molecule has 0 bridgehead atoms. The van der Waals surface area contributed by atoms with Gasteiger partial charge in [-0.25, -0.2) is 9.18 Å². The highest BCUT2D eigenvalue weighted by Gasteiger charge is 2.20. The summed E-state index contributed by atoms with van der Waals surface area (Å²) in [6.45, 7) is 4.03. The molecule has 1 rings (SSSR count). The van der Waals surface area contributed by atoms with E-state index < -0.39 is 17.8 Å². The minimum absolute atomic E-state index is 0.117. The molecule has 0 aliphatic heterocycles. The predicted octanol–water partition coefficient (Wildman–Crippen LogP) is 1.95. The Labute approximate surface area is 140 Å². The monoisotopic (exact) mass is 338 g/mol. The maximum atomic E-state index is 12.8. The van der Waals surface area contributed by atoms with E-state index in [4.69, 9.17) is 5.11 Å². The summed E-state index contributed by atoms with van der Waals surface area (Å²) >= 11 is 0. The number of benzene rings is 1. The van der Waals surface area contributed by atoms with Gasteiger partial charge in [-0.1, -0.05) is 13.8 Å². The van der Waals surface area contributed by atoms with Crippen LogP contribution in [0.5, 0.6) is 0 Å². The summed E-state index contributed by atoms with van der Waals surface area (Å²) in [6.07, 6.45) is 0.862. The Hall–Kier alpha value is -2.44. The smallest absolute Gasteiger partial charge is 0.326 e. The van der Waals surface area contributed by atoms with Crippen LogP contribution in [0, 0.1) is 11.7 Å². The van der Waals surface area contributed by atoms with Gasteiger partial charge in [0, 0.05) is 18.5 Å². The second-order valence-electron chi connectivity index (χ2n) is 5.95. The van der Waals surface area contributed by atoms with Gasteiger partial charge in [0.15, 0.2) is 0 Å². The third kappa shape index (κ3) is 7.21. The van der Waals surface area contributed by atoms with Crippen LogP contribution in [-0.2, 0) is 9.59 Å². The number of halogens is 1. The van der Waals surface area contributed by atoms with Crippen molar-refractivity contribution in [2.75, 3.05) is 6.54 Å². The first kappa shape index (κ1) is 19.6. The molecule has 0 aromatic heterocycles. The van der Waals surface area contributed by atoms with Crippen molar-refractivity contribution in [3.63, 3.8) is 0 Å². The fourth-order valence-corrected chi connectivity index (χ4v) is 2.11. The predicted molar refractivity (Wildman–Crippen MR) is 87.0 cm³/mol. The zero-order chi connectivity index (χ0) is 18.1. The normalized spacial score (nSPS) is 11.8. The van der Waals surface area contributed by atoms with Crippen molar-refractivity contribution >= 4 is 17.8 Å². The van der Waals surface area contributed by atoms with Crippen molar-refractivity contribution in [3.8, 4) is 0 Å². The van der Waals surface area contributed by atoms with Crippen molar-refractivity contribution in [2.45, 2.75) is 39.2 Å². The molecule has 24 heavy (non-hydrogen) atoms. The van der Waals surface area contributed by atoms with E-state index >= 15 is 0 Å². The summed E-state index contributed by atoms with van der Waals surface area (Å²) in [5.41, 5.74) is 0.337. The van der Waals surface area contributed by atoms with Crippen molar-refractivity contribution in [3.05, 3.63) is 35.6 Å². The second-order valence-corrected chi connectivity index (χ2v) is 5.95. The summed E-state index contributed by atoms with van der Waals surface area (Å²) < 4.78 is 12.8. The number of rotatable bonds is 9. The van der Waals surface area contributed by atoms with Crippen LogP contribution in [0.4, 0.5) is 4.39 Å². The summed E-state index contributed by atoms with van der Waals surface area (Å²) in [5.74, 6) is -2.03. The molecule has 2 amide bonds. The standard InChI is InChI=1S/C17H23FN2O4/c1-11(2)10-14(17(23)24)20-15(21)4-3-9-19-16(22)12-5-7-13(18)8-6-12/h5-8,11,14H,3-4,9-10H2,1-2H3,(H,19,22)(H,20,21)(H,23,24)/t14-/m0/s1. The Morgan fingerprint density at radius 1 is 1.17 bits per heavy atom. The number of hydrogen-bond donors (Lipinski definition) is 3. The van der Waals surface area contributed by atoms with Crippen LogP contribution in [0.3, 0.4) is 0 Å². The highest BCUT2D eigenvalue weighted by Crippen LogP contribution is 2.06.